The van der Waals surface area contributed by atoms with E-state index in [2.05, 4.69) is 15.6 Å². The van der Waals surface area contributed by atoms with Gasteiger partial charge in [0.2, 0.25) is 11.8 Å². The van der Waals surface area contributed by atoms with Gasteiger partial charge >= 0.3 is 0 Å². The number of thiazole rings is 1. The van der Waals surface area contributed by atoms with Crippen molar-refractivity contribution < 1.29 is 14.0 Å². The van der Waals surface area contributed by atoms with Crippen LogP contribution in [0.3, 0.4) is 0 Å². The molecule has 1 atom stereocenters. The first-order valence-corrected chi connectivity index (χ1v) is 7.60. The molecule has 0 unspecified atom stereocenters. The van der Waals surface area contributed by atoms with Gasteiger partial charge in [-0.3, -0.25) is 9.59 Å². The lowest BCUT2D eigenvalue weighted by atomic mass is 9.90. The smallest absolute Gasteiger partial charge is 0.234 e. The molecule has 114 valence electrons. The van der Waals surface area contributed by atoms with Crippen molar-refractivity contribution in [2.75, 3.05) is 10.6 Å². The molecule has 0 spiro atoms. The molecule has 2 N–H and O–H groups in total. The molecule has 0 saturated heterocycles. The lowest BCUT2D eigenvalue weighted by Crippen LogP contribution is -2.30. The topological polar surface area (TPSA) is 71.1 Å². The highest BCUT2D eigenvalue weighted by atomic mass is 32.1. The Hall–Kier alpha value is -2.28. The molecule has 5 nitrogen and oxygen atoms in total. The maximum absolute atomic E-state index is 13.3. The van der Waals surface area contributed by atoms with E-state index < -0.39 is 11.7 Å². The first-order chi connectivity index (χ1) is 10.4. The van der Waals surface area contributed by atoms with Crippen molar-refractivity contribution in [2.24, 2.45) is 0 Å². The van der Waals surface area contributed by atoms with Crippen molar-refractivity contribution in [1.82, 2.24) is 4.98 Å². The molecule has 1 aromatic carbocycles. The Balaban J connectivity index is 1.88. The summed E-state index contributed by atoms with van der Waals surface area (Å²) in [6.45, 7) is 3.79. The lowest BCUT2D eigenvalue weighted by Gasteiger charge is -2.24. The summed E-state index contributed by atoms with van der Waals surface area (Å²) < 4.78 is 13.3. The van der Waals surface area contributed by atoms with E-state index in [1.54, 1.807) is 0 Å². The number of halogens is 1. The van der Waals surface area contributed by atoms with E-state index in [1.807, 2.05) is 13.8 Å². The predicted octanol–water partition coefficient (Wildman–Crippen LogP) is 2.96. The number of carbonyl (C=O) groups is 2. The number of nitrogens with one attached hydrogen (secondary N) is 2. The molecule has 0 saturated carbocycles. The highest BCUT2D eigenvalue weighted by molar-refractivity contribution is 7.15. The fourth-order valence-corrected chi connectivity index (χ4v) is 3.21. The van der Waals surface area contributed by atoms with E-state index in [1.165, 1.54) is 29.5 Å². The Morgan fingerprint density at radius 3 is 2.91 bits per heavy atom. The van der Waals surface area contributed by atoms with Crippen LogP contribution in [-0.2, 0) is 9.59 Å². The zero-order chi connectivity index (χ0) is 15.9. The second-order valence-electron chi connectivity index (χ2n) is 5.19. The molecule has 0 radical (unpaired) electrons. The zero-order valence-electron chi connectivity index (χ0n) is 12.1. The van der Waals surface area contributed by atoms with Crippen molar-refractivity contribution in [2.45, 2.75) is 26.2 Å². The SMILES string of the molecule is Cc1nc(NC(=O)[C@@H]2CC(=O)Nc3cc(F)ccc32)sc1C. The van der Waals surface area contributed by atoms with Crippen LogP contribution in [0.4, 0.5) is 15.2 Å². The number of rotatable bonds is 2. The standard InChI is InChI=1S/C15H14FN3O2S/c1-7-8(2)22-15(17-7)19-14(21)11-6-13(20)18-12-5-9(16)3-4-10(11)12/h3-5,11H,6H2,1-2H3,(H,18,20)(H,17,19,21)/t11-/m1/s1. The Morgan fingerprint density at radius 1 is 1.45 bits per heavy atom. The molecule has 22 heavy (non-hydrogen) atoms. The van der Waals surface area contributed by atoms with E-state index >= 15 is 0 Å². The van der Waals surface area contributed by atoms with Gasteiger partial charge in [-0.05, 0) is 31.5 Å². The Bertz CT molecular complexity index is 753. The molecule has 0 aliphatic carbocycles. The lowest BCUT2D eigenvalue weighted by molar-refractivity contribution is -0.123. The van der Waals surface area contributed by atoms with Gasteiger partial charge < -0.3 is 10.6 Å². The number of carbonyl (C=O) groups excluding carboxylic acids is 2. The summed E-state index contributed by atoms with van der Waals surface area (Å²) >= 11 is 1.39. The van der Waals surface area contributed by atoms with Crippen molar-refractivity contribution >= 4 is 34.0 Å². The van der Waals surface area contributed by atoms with E-state index in [0.717, 1.165) is 10.6 Å². The van der Waals surface area contributed by atoms with Crippen LogP contribution in [0.2, 0.25) is 0 Å². The molecular formula is C15H14FN3O2S. The maximum atomic E-state index is 13.3. The monoisotopic (exact) mass is 319 g/mol. The van der Waals surface area contributed by atoms with Crippen LogP contribution in [0.1, 0.15) is 28.5 Å². The molecule has 2 heterocycles. The molecular weight excluding hydrogens is 305 g/mol. The average molecular weight is 319 g/mol. The number of benzene rings is 1. The molecule has 0 bridgehead atoms. The third-order valence-corrected chi connectivity index (χ3v) is 4.62. The molecule has 1 aliphatic rings. The van der Waals surface area contributed by atoms with Crippen molar-refractivity contribution in [3.8, 4) is 0 Å². The summed E-state index contributed by atoms with van der Waals surface area (Å²) in [6.07, 6.45) is 0.0355. The summed E-state index contributed by atoms with van der Waals surface area (Å²) in [5.74, 6) is -1.71. The minimum Gasteiger partial charge on any atom is -0.326 e. The molecule has 1 aromatic heterocycles. The van der Waals surface area contributed by atoms with Gasteiger partial charge in [-0.2, -0.15) is 0 Å². The number of nitrogens with zero attached hydrogens (tertiary/aromatic N) is 1. The average Bonchev–Trinajstić information content (AvgIpc) is 2.75. The van der Waals surface area contributed by atoms with Gasteiger partial charge in [0.05, 0.1) is 11.6 Å². The second kappa shape index (κ2) is 5.49. The number of amides is 2. The third-order valence-electron chi connectivity index (χ3n) is 3.63. The molecule has 7 heteroatoms. The maximum Gasteiger partial charge on any atom is 0.234 e. The summed E-state index contributed by atoms with van der Waals surface area (Å²) in [7, 11) is 0. The van der Waals surface area contributed by atoms with Gasteiger partial charge in [0.15, 0.2) is 5.13 Å². The number of hydrogen-bond donors (Lipinski definition) is 2. The Morgan fingerprint density at radius 2 is 2.23 bits per heavy atom. The van der Waals surface area contributed by atoms with E-state index in [0.29, 0.717) is 16.4 Å². The van der Waals surface area contributed by atoms with E-state index in [-0.39, 0.29) is 18.2 Å². The largest absolute Gasteiger partial charge is 0.326 e. The summed E-state index contributed by atoms with van der Waals surface area (Å²) in [5.41, 5.74) is 1.83. The van der Waals surface area contributed by atoms with Crippen molar-refractivity contribution in [3.63, 3.8) is 0 Å². The van der Waals surface area contributed by atoms with Crippen LogP contribution in [-0.4, -0.2) is 16.8 Å². The van der Waals surface area contributed by atoms with Gasteiger partial charge in [0, 0.05) is 17.0 Å². The Labute approximate surface area is 130 Å². The normalized spacial score (nSPS) is 16.9. The molecule has 1 aliphatic heterocycles. The third kappa shape index (κ3) is 2.71. The molecule has 2 amide bonds. The van der Waals surface area contributed by atoms with E-state index in [9.17, 15) is 14.0 Å². The first kappa shape index (κ1) is 14.6. The highest BCUT2D eigenvalue weighted by Gasteiger charge is 2.31. The zero-order valence-corrected chi connectivity index (χ0v) is 12.9. The van der Waals surface area contributed by atoms with Crippen LogP contribution >= 0.6 is 11.3 Å². The van der Waals surface area contributed by atoms with Crippen LogP contribution < -0.4 is 10.6 Å². The predicted molar refractivity (Wildman–Crippen MR) is 82.6 cm³/mol. The van der Waals surface area contributed by atoms with Gasteiger partial charge in [-0.15, -0.1) is 11.3 Å². The van der Waals surface area contributed by atoms with Crippen LogP contribution in [0, 0.1) is 19.7 Å². The molecule has 3 rings (SSSR count). The molecule has 0 fully saturated rings. The highest BCUT2D eigenvalue weighted by Crippen LogP contribution is 2.34. The summed E-state index contributed by atoms with van der Waals surface area (Å²) in [5, 5.41) is 5.84. The minimum atomic E-state index is -0.645. The number of aryl methyl sites for hydroxylation is 2. The fraction of sp³-hybridized carbons (Fsp3) is 0.267. The summed E-state index contributed by atoms with van der Waals surface area (Å²) in [4.78, 5) is 29.5. The van der Waals surface area contributed by atoms with Gasteiger partial charge in [0.1, 0.15) is 5.82 Å². The number of hydrogen-bond acceptors (Lipinski definition) is 4. The quantitative estimate of drug-likeness (QED) is 0.894. The molecule has 2 aromatic rings. The minimum absolute atomic E-state index is 0.0355. The van der Waals surface area contributed by atoms with Crippen molar-refractivity contribution in [1.29, 1.82) is 0 Å². The van der Waals surface area contributed by atoms with Gasteiger partial charge in [0.25, 0.3) is 0 Å². The summed E-state index contributed by atoms with van der Waals surface area (Å²) in [6, 6.07) is 4.05. The number of anilines is 2. The van der Waals surface area contributed by atoms with Crippen molar-refractivity contribution in [3.05, 3.63) is 40.2 Å². The first-order valence-electron chi connectivity index (χ1n) is 6.78. The fourth-order valence-electron chi connectivity index (χ4n) is 2.39. The van der Waals surface area contributed by atoms with Crippen LogP contribution in [0.15, 0.2) is 18.2 Å². The Kier molecular flexibility index (Phi) is 3.66. The van der Waals surface area contributed by atoms with Crippen LogP contribution in [0.5, 0.6) is 0 Å². The van der Waals surface area contributed by atoms with Gasteiger partial charge in [-0.1, -0.05) is 6.07 Å². The number of fused-ring (bicyclic) bond motifs is 1. The second-order valence-corrected chi connectivity index (χ2v) is 6.39. The van der Waals surface area contributed by atoms with Gasteiger partial charge in [-0.25, -0.2) is 9.37 Å². The van der Waals surface area contributed by atoms with E-state index in [4.69, 9.17) is 0 Å². The van der Waals surface area contributed by atoms with Crippen LogP contribution in [0.25, 0.3) is 0 Å². The number of aromatic nitrogens is 1.